The molecule has 1 aromatic carbocycles. The maximum absolute atomic E-state index is 12.5. The molecular formula is C19H24ClN3O2. The van der Waals surface area contributed by atoms with Crippen LogP contribution >= 0.6 is 11.6 Å². The summed E-state index contributed by atoms with van der Waals surface area (Å²) in [5, 5.41) is 7.88. The van der Waals surface area contributed by atoms with Crippen LogP contribution in [0.25, 0.3) is 11.4 Å². The molecule has 0 spiro atoms. The average Bonchev–Trinajstić information content (AvgIpc) is 3.31. The third-order valence-corrected chi connectivity index (χ3v) is 5.30. The van der Waals surface area contributed by atoms with Crippen LogP contribution in [0.1, 0.15) is 57.9 Å². The topological polar surface area (TPSA) is 68.0 Å². The quantitative estimate of drug-likeness (QED) is 0.803. The van der Waals surface area contributed by atoms with Gasteiger partial charge in [-0.05, 0) is 43.0 Å². The number of halogens is 1. The van der Waals surface area contributed by atoms with Gasteiger partial charge >= 0.3 is 0 Å². The molecule has 1 N–H and O–H groups in total. The Morgan fingerprint density at radius 1 is 1.32 bits per heavy atom. The highest BCUT2D eigenvalue weighted by atomic mass is 35.5. The summed E-state index contributed by atoms with van der Waals surface area (Å²) in [5.41, 5.74) is 0.837. The predicted octanol–water partition coefficient (Wildman–Crippen LogP) is 4.78. The van der Waals surface area contributed by atoms with E-state index in [-0.39, 0.29) is 23.8 Å². The van der Waals surface area contributed by atoms with E-state index < -0.39 is 0 Å². The number of carbonyl (C=O) groups excluding carboxylic acids is 1. The zero-order valence-electron chi connectivity index (χ0n) is 14.7. The van der Waals surface area contributed by atoms with Gasteiger partial charge in [0, 0.05) is 16.5 Å². The van der Waals surface area contributed by atoms with Gasteiger partial charge in [-0.25, -0.2) is 0 Å². The number of hydrogen-bond donors (Lipinski definition) is 1. The molecule has 1 saturated carbocycles. The molecule has 0 radical (unpaired) electrons. The van der Waals surface area contributed by atoms with Crippen molar-refractivity contribution in [2.45, 2.75) is 52.0 Å². The number of carbonyl (C=O) groups is 1. The van der Waals surface area contributed by atoms with Gasteiger partial charge in [-0.3, -0.25) is 4.79 Å². The molecule has 2 aromatic rings. The largest absolute Gasteiger partial charge is 0.344 e. The molecule has 3 rings (SSSR count). The number of amides is 1. The van der Waals surface area contributed by atoms with Crippen molar-refractivity contribution in [1.82, 2.24) is 15.5 Å². The van der Waals surface area contributed by atoms with E-state index >= 15 is 0 Å². The smallest absolute Gasteiger partial charge is 0.249 e. The molecule has 1 fully saturated rings. The lowest BCUT2D eigenvalue weighted by atomic mass is 9.97. The zero-order valence-corrected chi connectivity index (χ0v) is 15.4. The van der Waals surface area contributed by atoms with Gasteiger partial charge in [0.05, 0.1) is 0 Å². The molecule has 2 atom stereocenters. The maximum Gasteiger partial charge on any atom is 0.249 e. The van der Waals surface area contributed by atoms with Gasteiger partial charge in [0.25, 0.3) is 0 Å². The molecule has 6 heteroatoms. The number of nitrogens with one attached hydrogen (secondary N) is 1. The number of hydrogen-bond acceptors (Lipinski definition) is 4. The Bertz CT molecular complexity index is 708. The molecule has 1 heterocycles. The van der Waals surface area contributed by atoms with E-state index in [1.54, 1.807) is 12.1 Å². The van der Waals surface area contributed by atoms with Gasteiger partial charge in [0.2, 0.25) is 17.6 Å². The van der Waals surface area contributed by atoms with E-state index in [0.29, 0.717) is 16.7 Å². The summed E-state index contributed by atoms with van der Waals surface area (Å²) in [6.45, 7) is 4.18. The molecule has 1 aliphatic rings. The van der Waals surface area contributed by atoms with Crippen LogP contribution in [-0.4, -0.2) is 16.0 Å². The number of rotatable bonds is 6. The van der Waals surface area contributed by atoms with Crippen molar-refractivity contribution >= 4 is 17.5 Å². The van der Waals surface area contributed by atoms with Gasteiger partial charge in [-0.2, -0.15) is 4.98 Å². The molecule has 25 heavy (non-hydrogen) atoms. The van der Waals surface area contributed by atoms with Crippen LogP contribution in [0.2, 0.25) is 5.02 Å². The fourth-order valence-electron chi connectivity index (χ4n) is 3.22. The highest BCUT2D eigenvalue weighted by Crippen LogP contribution is 2.29. The van der Waals surface area contributed by atoms with Crippen molar-refractivity contribution in [2.75, 3.05) is 0 Å². The minimum absolute atomic E-state index is 0.106. The standard InChI is InChI=1S/C19H24ClN3O2/c1-3-12(2)16(21-18(24)14-6-4-5-7-14)19-22-17(23-25-19)13-8-10-15(20)11-9-13/h8-12,14,16H,3-7H2,1-2H3,(H,21,24)/t12-,16+/m0/s1. The third kappa shape index (κ3) is 4.21. The van der Waals surface area contributed by atoms with Crippen LogP contribution in [0, 0.1) is 11.8 Å². The Balaban J connectivity index is 1.79. The predicted molar refractivity (Wildman–Crippen MR) is 97.0 cm³/mol. The van der Waals surface area contributed by atoms with Crippen LogP contribution < -0.4 is 5.32 Å². The second-order valence-corrected chi connectivity index (χ2v) is 7.25. The Morgan fingerprint density at radius 2 is 2.00 bits per heavy atom. The molecular weight excluding hydrogens is 338 g/mol. The van der Waals surface area contributed by atoms with Gasteiger partial charge in [0.1, 0.15) is 6.04 Å². The summed E-state index contributed by atoms with van der Waals surface area (Å²) in [5.74, 6) is 1.41. The van der Waals surface area contributed by atoms with E-state index in [9.17, 15) is 4.79 Å². The molecule has 1 aliphatic carbocycles. The normalized spacial score (nSPS) is 17.4. The van der Waals surface area contributed by atoms with E-state index in [2.05, 4.69) is 29.3 Å². The summed E-state index contributed by atoms with van der Waals surface area (Å²) in [7, 11) is 0. The number of aromatic nitrogens is 2. The number of benzene rings is 1. The van der Waals surface area contributed by atoms with Gasteiger partial charge < -0.3 is 9.84 Å². The van der Waals surface area contributed by atoms with Crippen molar-refractivity contribution in [1.29, 1.82) is 0 Å². The SMILES string of the molecule is CC[C@H](C)[C@@H](NC(=O)C1CCCC1)c1nc(-c2ccc(Cl)cc2)no1. The van der Waals surface area contributed by atoms with Gasteiger partial charge in [-0.1, -0.05) is 49.9 Å². The minimum atomic E-state index is -0.258. The average molecular weight is 362 g/mol. The maximum atomic E-state index is 12.5. The minimum Gasteiger partial charge on any atom is -0.344 e. The summed E-state index contributed by atoms with van der Waals surface area (Å²) in [4.78, 5) is 17.1. The highest BCUT2D eigenvalue weighted by Gasteiger charge is 2.30. The van der Waals surface area contributed by atoms with Gasteiger partial charge in [0.15, 0.2) is 0 Å². The van der Waals surface area contributed by atoms with Gasteiger partial charge in [-0.15, -0.1) is 0 Å². The highest BCUT2D eigenvalue weighted by molar-refractivity contribution is 6.30. The lowest BCUT2D eigenvalue weighted by molar-refractivity contribution is -0.126. The fourth-order valence-corrected chi connectivity index (χ4v) is 3.35. The molecule has 134 valence electrons. The Kier molecular flexibility index (Phi) is 5.74. The first kappa shape index (κ1) is 17.9. The molecule has 1 aromatic heterocycles. The van der Waals surface area contributed by atoms with E-state index in [0.717, 1.165) is 37.7 Å². The van der Waals surface area contributed by atoms with Crippen molar-refractivity contribution < 1.29 is 9.32 Å². The molecule has 5 nitrogen and oxygen atoms in total. The van der Waals surface area contributed by atoms with Crippen molar-refractivity contribution in [3.05, 3.63) is 35.2 Å². The monoisotopic (exact) mass is 361 g/mol. The lowest BCUT2D eigenvalue weighted by Crippen LogP contribution is -2.36. The third-order valence-electron chi connectivity index (χ3n) is 5.05. The van der Waals surface area contributed by atoms with E-state index in [4.69, 9.17) is 16.1 Å². The van der Waals surface area contributed by atoms with Crippen LogP contribution in [0.5, 0.6) is 0 Å². The van der Waals surface area contributed by atoms with Crippen LogP contribution in [0.15, 0.2) is 28.8 Å². The van der Waals surface area contributed by atoms with E-state index in [1.807, 2.05) is 12.1 Å². The first-order chi connectivity index (χ1) is 12.1. The Hall–Kier alpha value is -1.88. The van der Waals surface area contributed by atoms with Crippen LogP contribution in [0.4, 0.5) is 0 Å². The van der Waals surface area contributed by atoms with Crippen LogP contribution in [0.3, 0.4) is 0 Å². The Morgan fingerprint density at radius 3 is 2.64 bits per heavy atom. The summed E-state index contributed by atoms with van der Waals surface area (Å²) in [6.07, 6.45) is 5.12. The summed E-state index contributed by atoms with van der Waals surface area (Å²) in [6, 6.07) is 7.03. The zero-order chi connectivity index (χ0) is 17.8. The molecule has 0 saturated heterocycles. The van der Waals surface area contributed by atoms with Crippen molar-refractivity contribution in [2.24, 2.45) is 11.8 Å². The van der Waals surface area contributed by atoms with Crippen molar-refractivity contribution in [3.8, 4) is 11.4 Å². The first-order valence-corrected chi connectivity index (χ1v) is 9.36. The molecule has 0 bridgehead atoms. The Labute approximate surface area is 153 Å². The molecule has 0 unspecified atom stereocenters. The first-order valence-electron chi connectivity index (χ1n) is 8.98. The number of nitrogens with zero attached hydrogens (tertiary/aromatic N) is 2. The fraction of sp³-hybridized carbons (Fsp3) is 0.526. The second kappa shape index (κ2) is 8.00. The second-order valence-electron chi connectivity index (χ2n) is 6.82. The summed E-state index contributed by atoms with van der Waals surface area (Å²) >= 11 is 5.92. The molecule has 1 amide bonds. The summed E-state index contributed by atoms with van der Waals surface area (Å²) < 4.78 is 5.49. The lowest BCUT2D eigenvalue weighted by Gasteiger charge is -2.22. The van der Waals surface area contributed by atoms with Crippen molar-refractivity contribution in [3.63, 3.8) is 0 Å². The van der Waals surface area contributed by atoms with E-state index in [1.165, 1.54) is 0 Å². The molecule has 0 aliphatic heterocycles. The van der Waals surface area contributed by atoms with Crippen LogP contribution in [-0.2, 0) is 4.79 Å².